The number of hydrogen-bond donors (Lipinski definition) is 2. The average Bonchev–Trinajstić information content (AvgIpc) is 2.68. The van der Waals surface area contributed by atoms with Crippen LogP contribution >= 0.6 is 12.2 Å². The van der Waals surface area contributed by atoms with Gasteiger partial charge in [0, 0.05) is 25.6 Å². The third kappa shape index (κ3) is 3.73. The normalized spacial score (nSPS) is 20.3. The van der Waals surface area contributed by atoms with Gasteiger partial charge in [-0.2, -0.15) is 0 Å². The second-order valence-corrected chi connectivity index (χ2v) is 6.63. The molecule has 1 aliphatic carbocycles. The fraction of sp³-hybridized carbons (Fsp3) is 0.667. The van der Waals surface area contributed by atoms with E-state index in [9.17, 15) is 0 Å². The minimum atomic E-state index is 0.216. The summed E-state index contributed by atoms with van der Waals surface area (Å²) in [6, 6.07) is 2.34. The summed E-state index contributed by atoms with van der Waals surface area (Å²) >= 11 is 5.35. The Labute approximate surface area is 126 Å². The molecule has 4 nitrogen and oxygen atoms in total. The summed E-state index contributed by atoms with van der Waals surface area (Å²) in [6.07, 6.45) is 2.03. The van der Waals surface area contributed by atoms with E-state index >= 15 is 0 Å². The predicted molar refractivity (Wildman–Crippen MR) is 83.9 cm³/mol. The maximum absolute atomic E-state index is 5.83. The van der Waals surface area contributed by atoms with Crippen LogP contribution in [0.1, 0.15) is 43.4 Å². The summed E-state index contributed by atoms with van der Waals surface area (Å²) < 4.78 is 10.8. The molecule has 0 saturated carbocycles. The molecule has 1 aromatic rings. The fourth-order valence-electron chi connectivity index (χ4n) is 2.79. The maximum Gasteiger partial charge on any atom is 0.166 e. The molecule has 2 N–H and O–H groups in total. The summed E-state index contributed by atoms with van der Waals surface area (Å²) in [7, 11) is 1.68. The van der Waals surface area contributed by atoms with Gasteiger partial charge in [-0.1, -0.05) is 13.8 Å². The molecule has 20 heavy (non-hydrogen) atoms. The summed E-state index contributed by atoms with van der Waals surface area (Å²) in [6.45, 7) is 7.90. The molecule has 0 aromatic carbocycles. The van der Waals surface area contributed by atoms with Crippen molar-refractivity contribution < 1.29 is 9.15 Å². The lowest BCUT2D eigenvalue weighted by Crippen LogP contribution is -2.42. The van der Waals surface area contributed by atoms with E-state index in [1.165, 1.54) is 5.56 Å². The summed E-state index contributed by atoms with van der Waals surface area (Å²) in [5.41, 5.74) is 1.47. The lowest BCUT2D eigenvalue weighted by Gasteiger charge is -2.35. The molecule has 0 unspecified atom stereocenters. The number of thiocarbonyl (C=S) groups is 1. The molecule has 112 valence electrons. The van der Waals surface area contributed by atoms with E-state index in [1.807, 2.05) is 6.92 Å². The molecule has 1 aliphatic rings. The van der Waals surface area contributed by atoms with Crippen molar-refractivity contribution >= 4 is 17.3 Å². The smallest absolute Gasteiger partial charge is 0.166 e. The number of fused-ring (bicyclic) bond motifs is 1. The minimum Gasteiger partial charge on any atom is -0.466 e. The van der Waals surface area contributed by atoms with Gasteiger partial charge in [-0.15, -0.1) is 0 Å². The van der Waals surface area contributed by atoms with Gasteiger partial charge < -0.3 is 19.8 Å². The van der Waals surface area contributed by atoms with Crippen molar-refractivity contribution in [3.8, 4) is 0 Å². The third-order valence-electron chi connectivity index (χ3n) is 3.63. The van der Waals surface area contributed by atoms with E-state index in [4.69, 9.17) is 21.4 Å². The van der Waals surface area contributed by atoms with Crippen LogP contribution in [0.5, 0.6) is 0 Å². The third-order valence-corrected chi connectivity index (χ3v) is 3.90. The zero-order chi connectivity index (χ0) is 14.8. The Morgan fingerprint density at radius 2 is 2.30 bits per heavy atom. The largest absolute Gasteiger partial charge is 0.466 e. The minimum absolute atomic E-state index is 0.216. The Hall–Kier alpha value is -1.07. The van der Waals surface area contributed by atoms with E-state index < -0.39 is 0 Å². The maximum atomic E-state index is 5.83. The second-order valence-electron chi connectivity index (χ2n) is 6.23. The van der Waals surface area contributed by atoms with Gasteiger partial charge in [-0.3, -0.25) is 0 Å². The van der Waals surface area contributed by atoms with Gasteiger partial charge in [-0.05, 0) is 37.0 Å². The van der Waals surface area contributed by atoms with E-state index in [2.05, 4.69) is 30.5 Å². The van der Waals surface area contributed by atoms with Crippen LogP contribution < -0.4 is 10.6 Å². The van der Waals surface area contributed by atoms with Gasteiger partial charge in [-0.25, -0.2) is 0 Å². The lowest BCUT2D eigenvalue weighted by molar-refractivity contribution is 0.203. The molecular formula is C15H24N2O2S. The zero-order valence-electron chi connectivity index (χ0n) is 12.7. The molecule has 0 saturated heterocycles. The molecule has 1 aromatic heterocycles. The van der Waals surface area contributed by atoms with Crippen molar-refractivity contribution in [1.82, 2.24) is 10.6 Å². The Morgan fingerprint density at radius 3 is 3.00 bits per heavy atom. The van der Waals surface area contributed by atoms with Crippen molar-refractivity contribution in [2.75, 3.05) is 20.3 Å². The Bertz CT molecular complexity index is 482. The molecule has 0 spiro atoms. The molecule has 0 amide bonds. The number of rotatable bonds is 4. The number of ether oxygens (including phenoxy) is 1. The SMILES string of the molecule is COCCNC(=S)N[C@H]1CC(C)(C)Cc2oc(C)cc21. The van der Waals surface area contributed by atoms with Gasteiger partial charge in [0.25, 0.3) is 0 Å². The van der Waals surface area contributed by atoms with Gasteiger partial charge in [0.2, 0.25) is 0 Å². The van der Waals surface area contributed by atoms with Crippen LogP contribution in [0.3, 0.4) is 0 Å². The second kappa shape index (κ2) is 6.14. The molecule has 1 atom stereocenters. The molecule has 1 heterocycles. The first-order chi connectivity index (χ1) is 9.41. The van der Waals surface area contributed by atoms with Crippen molar-refractivity contribution in [1.29, 1.82) is 0 Å². The first kappa shape index (κ1) is 15.3. The number of methoxy groups -OCH3 is 1. The molecule has 0 aliphatic heterocycles. The van der Waals surface area contributed by atoms with E-state index in [0.717, 1.165) is 30.9 Å². The first-order valence-electron chi connectivity index (χ1n) is 7.04. The topological polar surface area (TPSA) is 46.4 Å². The van der Waals surface area contributed by atoms with Crippen LogP contribution in [0.2, 0.25) is 0 Å². The number of furan rings is 1. The van der Waals surface area contributed by atoms with Crippen molar-refractivity contribution in [2.24, 2.45) is 5.41 Å². The number of hydrogen-bond acceptors (Lipinski definition) is 3. The standard InChI is InChI=1S/C15H24N2O2S/c1-10-7-11-12(17-14(20)16-5-6-18-4)8-15(2,3)9-13(11)19-10/h7,12H,5-6,8-9H2,1-4H3,(H2,16,17,20)/t12-/m0/s1. The highest BCUT2D eigenvalue weighted by Gasteiger charge is 2.35. The number of aryl methyl sites for hydroxylation is 1. The van der Waals surface area contributed by atoms with Crippen LogP contribution in [-0.2, 0) is 11.2 Å². The number of nitrogens with one attached hydrogen (secondary N) is 2. The molecule has 5 heteroatoms. The summed E-state index contributed by atoms with van der Waals surface area (Å²) in [4.78, 5) is 0. The summed E-state index contributed by atoms with van der Waals surface area (Å²) in [5.74, 6) is 2.06. The van der Waals surface area contributed by atoms with Gasteiger partial charge in [0.15, 0.2) is 5.11 Å². The highest BCUT2D eigenvalue weighted by atomic mass is 32.1. The van der Waals surface area contributed by atoms with Crippen LogP contribution in [0.25, 0.3) is 0 Å². The van der Waals surface area contributed by atoms with E-state index in [1.54, 1.807) is 7.11 Å². The van der Waals surface area contributed by atoms with Gasteiger partial charge in [0.05, 0.1) is 12.6 Å². The fourth-order valence-corrected chi connectivity index (χ4v) is 3.03. The molecule has 2 rings (SSSR count). The van der Waals surface area contributed by atoms with Gasteiger partial charge in [0.1, 0.15) is 11.5 Å². The van der Waals surface area contributed by atoms with Gasteiger partial charge >= 0.3 is 0 Å². The molecule has 0 bridgehead atoms. The van der Waals surface area contributed by atoms with Crippen LogP contribution in [-0.4, -0.2) is 25.4 Å². The Morgan fingerprint density at radius 1 is 1.55 bits per heavy atom. The predicted octanol–water partition coefficient (Wildman–Crippen LogP) is 2.71. The van der Waals surface area contributed by atoms with E-state index in [0.29, 0.717) is 11.7 Å². The Balaban J connectivity index is 2.05. The van der Waals surface area contributed by atoms with Crippen molar-refractivity contribution in [2.45, 2.75) is 39.7 Å². The monoisotopic (exact) mass is 296 g/mol. The molecule has 0 radical (unpaired) electrons. The molecular weight excluding hydrogens is 272 g/mol. The zero-order valence-corrected chi connectivity index (χ0v) is 13.5. The van der Waals surface area contributed by atoms with Crippen LogP contribution in [0.4, 0.5) is 0 Å². The van der Waals surface area contributed by atoms with E-state index in [-0.39, 0.29) is 11.5 Å². The van der Waals surface area contributed by atoms with Crippen LogP contribution in [0.15, 0.2) is 10.5 Å². The quantitative estimate of drug-likeness (QED) is 0.661. The first-order valence-corrected chi connectivity index (χ1v) is 7.44. The lowest BCUT2D eigenvalue weighted by atomic mass is 9.75. The highest BCUT2D eigenvalue weighted by molar-refractivity contribution is 7.80. The van der Waals surface area contributed by atoms with Crippen molar-refractivity contribution in [3.63, 3.8) is 0 Å². The molecule has 0 fully saturated rings. The summed E-state index contributed by atoms with van der Waals surface area (Å²) in [5, 5.41) is 7.24. The highest BCUT2D eigenvalue weighted by Crippen LogP contribution is 2.41. The average molecular weight is 296 g/mol. The van der Waals surface area contributed by atoms with Crippen molar-refractivity contribution in [3.05, 3.63) is 23.2 Å². The Kier molecular flexibility index (Phi) is 4.70. The van der Waals surface area contributed by atoms with Crippen LogP contribution in [0, 0.1) is 12.3 Å².